The van der Waals surface area contributed by atoms with Crippen LogP contribution in [0.3, 0.4) is 0 Å². The molecule has 2 aromatic rings. The van der Waals surface area contributed by atoms with E-state index in [1.54, 1.807) is 26.0 Å². The monoisotopic (exact) mass is 440 g/mol. The number of halogens is 1. The topological polar surface area (TPSA) is 84.9 Å². The molecule has 0 aromatic heterocycles. The summed E-state index contributed by atoms with van der Waals surface area (Å²) in [4.78, 5) is 12.3. The fourth-order valence-corrected chi connectivity index (χ4v) is 4.51. The van der Waals surface area contributed by atoms with E-state index in [-0.39, 0.29) is 22.3 Å². The molecule has 0 saturated carbocycles. The van der Waals surface area contributed by atoms with Gasteiger partial charge in [-0.2, -0.15) is 4.31 Å². The molecular formula is C20H25ClN2O5S. The predicted molar refractivity (Wildman–Crippen MR) is 113 cm³/mol. The number of ether oxygens (including phenoxy) is 2. The number of anilines is 1. The van der Waals surface area contributed by atoms with E-state index in [4.69, 9.17) is 21.1 Å². The molecule has 1 amide bonds. The second-order valence-electron chi connectivity index (χ2n) is 6.22. The Balaban J connectivity index is 2.08. The van der Waals surface area contributed by atoms with Crippen LogP contribution in [0.25, 0.3) is 0 Å². The molecule has 2 aromatic carbocycles. The van der Waals surface area contributed by atoms with Gasteiger partial charge in [-0.3, -0.25) is 4.79 Å². The highest BCUT2D eigenvalue weighted by atomic mass is 35.5. The van der Waals surface area contributed by atoms with Gasteiger partial charge in [-0.15, -0.1) is 0 Å². The quantitative estimate of drug-likeness (QED) is 0.642. The molecule has 0 unspecified atom stereocenters. The van der Waals surface area contributed by atoms with Crippen LogP contribution in [0.2, 0.25) is 5.02 Å². The fraction of sp³-hybridized carbons (Fsp3) is 0.350. The van der Waals surface area contributed by atoms with Crippen LogP contribution in [-0.2, 0) is 14.8 Å². The molecule has 0 heterocycles. The van der Waals surface area contributed by atoms with Gasteiger partial charge in [0.25, 0.3) is 5.91 Å². The first-order chi connectivity index (χ1) is 13.7. The Hall–Kier alpha value is -2.29. The molecule has 0 aliphatic heterocycles. The molecule has 7 nitrogen and oxygen atoms in total. The van der Waals surface area contributed by atoms with Gasteiger partial charge in [-0.05, 0) is 42.8 Å². The zero-order valence-corrected chi connectivity index (χ0v) is 18.4. The lowest BCUT2D eigenvalue weighted by atomic mass is 10.2. The predicted octanol–water partition coefficient (Wildman–Crippen LogP) is 3.71. The Morgan fingerprint density at radius 1 is 1.10 bits per heavy atom. The highest BCUT2D eigenvalue weighted by Crippen LogP contribution is 2.29. The number of amides is 1. The molecule has 0 aliphatic rings. The molecule has 29 heavy (non-hydrogen) atoms. The Morgan fingerprint density at radius 3 is 2.34 bits per heavy atom. The maximum Gasteiger partial charge on any atom is 0.262 e. The summed E-state index contributed by atoms with van der Waals surface area (Å²) >= 11 is 6.18. The van der Waals surface area contributed by atoms with Crippen molar-refractivity contribution in [1.82, 2.24) is 4.31 Å². The molecule has 0 radical (unpaired) electrons. The number of nitrogens with zero attached hydrogens (tertiary/aromatic N) is 1. The van der Waals surface area contributed by atoms with E-state index in [0.717, 1.165) is 5.56 Å². The number of carbonyl (C=O) groups is 1. The smallest absolute Gasteiger partial charge is 0.262 e. The normalized spacial score (nSPS) is 11.4. The number of carbonyl (C=O) groups excluding carboxylic acids is 1. The average molecular weight is 441 g/mol. The summed E-state index contributed by atoms with van der Waals surface area (Å²) in [6, 6.07) is 9.61. The van der Waals surface area contributed by atoms with Crippen LogP contribution in [0, 0.1) is 6.92 Å². The third kappa shape index (κ3) is 5.62. The Morgan fingerprint density at radius 2 is 1.76 bits per heavy atom. The third-order valence-electron chi connectivity index (χ3n) is 4.23. The first-order valence-electron chi connectivity index (χ1n) is 9.09. The molecule has 0 aliphatic carbocycles. The lowest BCUT2D eigenvalue weighted by molar-refractivity contribution is -0.118. The van der Waals surface area contributed by atoms with E-state index in [0.29, 0.717) is 24.5 Å². The SMILES string of the molecule is CCN(CC)S(=O)(=O)c1ccc(OCC(=O)Nc2cc(C)ccc2OC)c(Cl)c1. The minimum atomic E-state index is -3.62. The van der Waals surface area contributed by atoms with Crippen molar-refractivity contribution in [2.24, 2.45) is 0 Å². The van der Waals surface area contributed by atoms with Crippen molar-refractivity contribution in [3.8, 4) is 11.5 Å². The minimum absolute atomic E-state index is 0.0764. The average Bonchev–Trinajstić information content (AvgIpc) is 2.68. The molecule has 0 spiro atoms. The Labute approximate surface area is 176 Å². The van der Waals surface area contributed by atoms with Crippen LogP contribution in [-0.4, -0.2) is 45.4 Å². The maximum atomic E-state index is 12.6. The van der Waals surface area contributed by atoms with Crippen molar-refractivity contribution in [2.75, 3.05) is 32.1 Å². The third-order valence-corrected chi connectivity index (χ3v) is 6.58. The van der Waals surface area contributed by atoms with Gasteiger partial charge < -0.3 is 14.8 Å². The number of nitrogens with one attached hydrogen (secondary N) is 1. The largest absolute Gasteiger partial charge is 0.495 e. The number of sulfonamides is 1. The number of aryl methyl sites for hydroxylation is 1. The number of methoxy groups -OCH3 is 1. The van der Waals surface area contributed by atoms with Crippen molar-refractivity contribution in [1.29, 1.82) is 0 Å². The highest BCUT2D eigenvalue weighted by molar-refractivity contribution is 7.89. The second-order valence-corrected chi connectivity index (χ2v) is 8.57. The molecule has 0 atom stereocenters. The van der Waals surface area contributed by atoms with E-state index in [1.165, 1.54) is 29.6 Å². The van der Waals surface area contributed by atoms with E-state index in [2.05, 4.69) is 5.32 Å². The zero-order valence-electron chi connectivity index (χ0n) is 16.9. The lowest BCUT2D eigenvalue weighted by Crippen LogP contribution is -2.30. The molecule has 158 valence electrons. The number of rotatable bonds is 9. The summed E-state index contributed by atoms with van der Waals surface area (Å²) in [6.07, 6.45) is 0. The number of hydrogen-bond donors (Lipinski definition) is 1. The van der Waals surface area contributed by atoms with Gasteiger partial charge in [0, 0.05) is 13.1 Å². The van der Waals surface area contributed by atoms with Crippen molar-refractivity contribution in [3.05, 3.63) is 47.0 Å². The minimum Gasteiger partial charge on any atom is -0.495 e. The molecule has 9 heteroatoms. The van der Waals surface area contributed by atoms with Gasteiger partial charge in [0.1, 0.15) is 11.5 Å². The van der Waals surface area contributed by atoms with Crippen molar-refractivity contribution < 1.29 is 22.7 Å². The van der Waals surface area contributed by atoms with Crippen LogP contribution >= 0.6 is 11.6 Å². The molecule has 2 rings (SSSR count). The Bertz CT molecular complexity index is 975. The molecular weight excluding hydrogens is 416 g/mol. The van der Waals surface area contributed by atoms with Crippen molar-refractivity contribution in [3.63, 3.8) is 0 Å². The second kappa shape index (κ2) is 9.96. The summed E-state index contributed by atoms with van der Waals surface area (Å²) in [5, 5.41) is 2.83. The van der Waals surface area contributed by atoms with E-state index >= 15 is 0 Å². The van der Waals surface area contributed by atoms with Crippen LogP contribution in [0.15, 0.2) is 41.3 Å². The van der Waals surface area contributed by atoms with Gasteiger partial charge in [0.15, 0.2) is 6.61 Å². The lowest BCUT2D eigenvalue weighted by Gasteiger charge is -2.19. The summed E-state index contributed by atoms with van der Waals surface area (Å²) in [6.45, 7) is 5.86. The van der Waals surface area contributed by atoms with Gasteiger partial charge in [-0.1, -0.05) is 31.5 Å². The molecule has 0 saturated heterocycles. The molecule has 0 bridgehead atoms. The number of benzene rings is 2. The summed E-state index contributed by atoms with van der Waals surface area (Å²) in [7, 11) is -2.11. The standard InChI is InChI=1S/C20H25ClN2O5S/c1-5-23(6-2)29(25,26)15-8-10-18(16(21)12-15)28-13-20(24)22-17-11-14(3)7-9-19(17)27-4/h7-12H,5-6,13H2,1-4H3,(H,22,24). The zero-order chi connectivity index (χ0) is 21.6. The highest BCUT2D eigenvalue weighted by Gasteiger charge is 2.22. The van der Waals surface area contributed by atoms with E-state index in [9.17, 15) is 13.2 Å². The summed E-state index contributed by atoms with van der Waals surface area (Å²) in [5.74, 6) is 0.356. The van der Waals surface area contributed by atoms with Gasteiger partial charge in [-0.25, -0.2) is 8.42 Å². The van der Waals surface area contributed by atoms with Crippen LogP contribution in [0.5, 0.6) is 11.5 Å². The van der Waals surface area contributed by atoms with Crippen LogP contribution in [0.4, 0.5) is 5.69 Å². The molecule has 0 fully saturated rings. The first-order valence-corrected chi connectivity index (χ1v) is 10.9. The summed E-state index contributed by atoms with van der Waals surface area (Å²) < 4.78 is 37.2. The van der Waals surface area contributed by atoms with Crippen LogP contribution in [0.1, 0.15) is 19.4 Å². The van der Waals surface area contributed by atoms with Crippen molar-refractivity contribution in [2.45, 2.75) is 25.7 Å². The van der Waals surface area contributed by atoms with Crippen molar-refractivity contribution >= 4 is 33.2 Å². The van der Waals surface area contributed by atoms with Crippen LogP contribution < -0.4 is 14.8 Å². The Kier molecular flexibility index (Phi) is 7.89. The summed E-state index contributed by atoms with van der Waals surface area (Å²) in [5.41, 5.74) is 1.50. The first kappa shape index (κ1) is 23.0. The van der Waals surface area contributed by atoms with Gasteiger partial charge in [0.05, 0.1) is 22.7 Å². The van der Waals surface area contributed by atoms with Gasteiger partial charge >= 0.3 is 0 Å². The number of hydrogen-bond acceptors (Lipinski definition) is 5. The maximum absolute atomic E-state index is 12.6. The fourth-order valence-electron chi connectivity index (χ4n) is 2.72. The van der Waals surface area contributed by atoms with Gasteiger partial charge in [0.2, 0.25) is 10.0 Å². The van der Waals surface area contributed by atoms with E-state index in [1.807, 2.05) is 13.0 Å². The van der Waals surface area contributed by atoms with E-state index < -0.39 is 15.9 Å². The molecule has 1 N–H and O–H groups in total.